The van der Waals surface area contributed by atoms with E-state index >= 15 is 0 Å². The molecule has 0 unspecified atom stereocenters. The van der Waals surface area contributed by atoms with Crippen LogP contribution in [0, 0.1) is 0 Å². The summed E-state index contributed by atoms with van der Waals surface area (Å²) in [7, 11) is 0. The third-order valence-electron chi connectivity index (χ3n) is 3.82. The Balaban J connectivity index is 2.35. The summed E-state index contributed by atoms with van der Waals surface area (Å²) in [5.74, 6) is -1.01. The van der Waals surface area contributed by atoms with Crippen molar-refractivity contribution in [3.8, 4) is 11.3 Å². The van der Waals surface area contributed by atoms with E-state index in [1.54, 1.807) is 45.9 Å². The zero-order valence-corrected chi connectivity index (χ0v) is 17.8. The van der Waals surface area contributed by atoms with Gasteiger partial charge in [-0.05, 0) is 45.9 Å². The number of carbonyl (C=O) groups excluding carboxylic acids is 2. The second-order valence-corrected chi connectivity index (χ2v) is 7.99. The summed E-state index contributed by atoms with van der Waals surface area (Å²) in [6.07, 6.45) is 2.69. The average molecular weight is 436 g/mol. The summed E-state index contributed by atoms with van der Waals surface area (Å²) < 4.78 is 12.1. The molecule has 0 saturated heterocycles. The maximum absolute atomic E-state index is 12.9. The predicted molar refractivity (Wildman–Crippen MR) is 110 cm³/mol. The number of hydrogen-bond acceptors (Lipinski definition) is 6. The molecule has 0 aliphatic heterocycles. The molecule has 2 aromatic heterocycles. The fourth-order valence-corrected chi connectivity index (χ4v) is 3.23. The predicted octanol–water partition coefficient (Wildman–Crippen LogP) is 4.84. The van der Waals surface area contributed by atoms with Gasteiger partial charge in [0.15, 0.2) is 5.69 Å². The van der Waals surface area contributed by atoms with Crippen molar-refractivity contribution in [3.63, 3.8) is 0 Å². The lowest BCUT2D eigenvalue weighted by molar-refractivity contribution is 0.00690. The Morgan fingerprint density at radius 2 is 1.79 bits per heavy atom. The van der Waals surface area contributed by atoms with Crippen molar-refractivity contribution < 1.29 is 19.1 Å². The second kappa shape index (κ2) is 8.00. The van der Waals surface area contributed by atoms with Crippen molar-refractivity contribution in [1.82, 2.24) is 14.4 Å². The maximum atomic E-state index is 12.9. The van der Waals surface area contributed by atoms with Crippen molar-refractivity contribution in [3.05, 3.63) is 51.9 Å². The van der Waals surface area contributed by atoms with Gasteiger partial charge in [-0.2, -0.15) is 0 Å². The fourth-order valence-electron chi connectivity index (χ4n) is 2.74. The summed E-state index contributed by atoms with van der Waals surface area (Å²) in [6, 6.07) is 4.83. The molecule has 0 fully saturated rings. The van der Waals surface area contributed by atoms with E-state index in [4.69, 9.17) is 32.7 Å². The van der Waals surface area contributed by atoms with Crippen molar-refractivity contribution in [1.29, 1.82) is 0 Å². The summed E-state index contributed by atoms with van der Waals surface area (Å²) in [6.45, 7) is 7.15. The molecule has 29 heavy (non-hydrogen) atoms. The van der Waals surface area contributed by atoms with Crippen LogP contribution in [0.15, 0.2) is 30.6 Å². The Morgan fingerprint density at radius 1 is 1.10 bits per heavy atom. The normalized spacial score (nSPS) is 11.5. The van der Waals surface area contributed by atoms with Crippen LogP contribution in [0.3, 0.4) is 0 Å². The van der Waals surface area contributed by atoms with Crippen molar-refractivity contribution in [2.24, 2.45) is 0 Å². The average Bonchev–Trinajstić information content (AvgIpc) is 3.04. The lowest BCUT2D eigenvalue weighted by Crippen LogP contribution is -2.25. The largest absolute Gasteiger partial charge is 0.461 e. The van der Waals surface area contributed by atoms with E-state index in [-0.39, 0.29) is 23.6 Å². The molecule has 0 bridgehead atoms. The van der Waals surface area contributed by atoms with Crippen LogP contribution in [0.4, 0.5) is 0 Å². The highest BCUT2D eigenvalue weighted by atomic mass is 35.5. The first kappa shape index (κ1) is 21.1. The Kier molecular flexibility index (Phi) is 5.82. The van der Waals surface area contributed by atoms with Crippen LogP contribution in [-0.4, -0.2) is 38.5 Å². The van der Waals surface area contributed by atoms with Gasteiger partial charge < -0.3 is 9.47 Å². The van der Waals surface area contributed by atoms with E-state index in [0.717, 1.165) is 0 Å². The lowest BCUT2D eigenvalue weighted by atomic mass is 10.1. The molecule has 0 spiro atoms. The number of carbonyl (C=O) groups is 2. The van der Waals surface area contributed by atoms with Gasteiger partial charge in [-0.1, -0.05) is 23.2 Å². The number of benzene rings is 1. The standard InChI is InChI=1S/C20H19Cl2N3O4/c1-5-28-18(27)15-10-24-19-23-9-13(17(26)29-20(2,3)4)16(25(15)19)12-7-6-11(21)8-14(12)22/h6-10H,5H2,1-4H3. The number of rotatable bonds is 4. The number of fused-ring (bicyclic) bond motifs is 1. The lowest BCUT2D eigenvalue weighted by Gasteiger charge is -2.21. The molecule has 0 aliphatic rings. The van der Waals surface area contributed by atoms with Gasteiger partial charge in [0.1, 0.15) is 11.2 Å². The molecular weight excluding hydrogens is 417 g/mol. The van der Waals surface area contributed by atoms with Crippen LogP contribution in [-0.2, 0) is 9.47 Å². The molecule has 1 aromatic carbocycles. The van der Waals surface area contributed by atoms with Crippen molar-refractivity contribution in [2.75, 3.05) is 6.61 Å². The van der Waals surface area contributed by atoms with E-state index in [9.17, 15) is 9.59 Å². The Bertz CT molecular complexity index is 1100. The minimum atomic E-state index is -0.730. The molecule has 0 aliphatic carbocycles. The number of nitrogens with zero attached hydrogens (tertiary/aromatic N) is 3. The number of ether oxygens (including phenoxy) is 2. The molecule has 3 rings (SSSR count). The summed E-state index contributed by atoms with van der Waals surface area (Å²) >= 11 is 12.5. The fraction of sp³-hybridized carbons (Fsp3) is 0.300. The van der Waals surface area contributed by atoms with E-state index in [0.29, 0.717) is 21.3 Å². The minimum Gasteiger partial charge on any atom is -0.461 e. The highest BCUT2D eigenvalue weighted by Crippen LogP contribution is 2.34. The topological polar surface area (TPSA) is 82.8 Å². The molecule has 0 atom stereocenters. The highest BCUT2D eigenvalue weighted by molar-refractivity contribution is 6.36. The first-order chi connectivity index (χ1) is 13.6. The van der Waals surface area contributed by atoms with E-state index in [1.807, 2.05) is 0 Å². The van der Waals surface area contributed by atoms with E-state index in [1.165, 1.54) is 16.8 Å². The van der Waals surface area contributed by atoms with Gasteiger partial charge in [-0.15, -0.1) is 0 Å². The quantitative estimate of drug-likeness (QED) is 0.545. The molecule has 0 amide bonds. The van der Waals surface area contributed by atoms with Crippen LogP contribution < -0.4 is 0 Å². The van der Waals surface area contributed by atoms with Crippen molar-refractivity contribution >= 4 is 40.9 Å². The van der Waals surface area contributed by atoms with Gasteiger partial charge in [0, 0.05) is 16.8 Å². The van der Waals surface area contributed by atoms with E-state index < -0.39 is 17.5 Å². The monoisotopic (exact) mass is 435 g/mol. The van der Waals surface area contributed by atoms with Gasteiger partial charge >= 0.3 is 11.9 Å². The molecular formula is C20H19Cl2N3O4. The van der Waals surface area contributed by atoms with Crippen LogP contribution in [0.25, 0.3) is 17.0 Å². The summed E-state index contributed by atoms with van der Waals surface area (Å²) in [5.41, 5.74) is 0.284. The van der Waals surface area contributed by atoms with Crippen LogP contribution >= 0.6 is 23.2 Å². The Hall–Kier alpha value is -2.64. The molecule has 3 aromatic rings. The van der Waals surface area contributed by atoms with Crippen LogP contribution in [0.2, 0.25) is 10.0 Å². The highest BCUT2D eigenvalue weighted by Gasteiger charge is 2.27. The smallest absolute Gasteiger partial charge is 0.357 e. The first-order valence-corrected chi connectivity index (χ1v) is 9.60. The molecule has 0 N–H and O–H groups in total. The van der Waals surface area contributed by atoms with Gasteiger partial charge in [-0.25, -0.2) is 19.6 Å². The molecule has 0 saturated carbocycles. The third-order valence-corrected chi connectivity index (χ3v) is 4.37. The third kappa shape index (κ3) is 4.36. The molecule has 0 radical (unpaired) electrons. The van der Waals surface area contributed by atoms with E-state index in [2.05, 4.69) is 9.97 Å². The number of esters is 2. The molecule has 2 heterocycles. The number of aromatic nitrogens is 3. The Morgan fingerprint density at radius 3 is 2.41 bits per heavy atom. The van der Waals surface area contributed by atoms with Crippen molar-refractivity contribution in [2.45, 2.75) is 33.3 Å². The zero-order chi connectivity index (χ0) is 21.3. The summed E-state index contributed by atoms with van der Waals surface area (Å²) in [5, 5.41) is 0.720. The Labute approximate surface area is 177 Å². The molecule has 152 valence electrons. The number of halogens is 2. The molecule has 7 nitrogen and oxygen atoms in total. The number of imidazole rings is 1. The van der Waals surface area contributed by atoms with Crippen LogP contribution in [0.5, 0.6) is 0 Å². The molecule has 9 heteroatoms. The van der Waals surface area contributed by atoms with Crippen LogP contribution in [0.1, 0.15) is 48.5 Å². The zero-order valence-electron chi connectivity index (χ0n) is 16.3. The van der Waals surface area contributed by atoms with Gasteiger partial charge in [0.25, 0.3) is 0 Å². The minimum absolute atomic E-state index is 0.112. The summed E-state index contributed by atoms with van der Waals surface area (Å²) in [4.78, 5) is 33.8. The number of hydrogen-bond donors (Lipinski definition) is 0. The second-order valence-electron chi connectivity index (χ2n) is 7.15. The first-order valence-electron chi connectivity index (χ1n) is 8.84. The maximum Gasteiger partial charge on any atom is 0.357 e. The van der Waals surface area contributed by atoms with Gasteiger partial charge in [-0.3, -0.25) is 4.40 Å². The van der Waals surface area contributed by atoms with Gasteiger partial charge in [0.05, 0.1) is 23.5 Å². The van der Waals surface area contributed by atoms with Gasteiger partial charge in [0.2, 0.25) is 5.78 Å². The SMILES string of the molecule is CCOC(=O)c1cnc2ncc(C(=O)OC(C)(C)C)c(-c3ccc(Cl)cc3Cl)n12.